The van der Waals surface area contributed by atoms with Crippen LogP contribution in [0.1, 0.15) is 44.0 Å². The maximum Gasteiger partial charge on any atom is 0.126 e. The molecule has 1 heterocycles. The van der Waals surface area contributed by atoms with Crippen LogP contribution in [-0.2, 0) is 6.42 Å². The van der Waals surface area contributed by atoms with Gasteiger partial charge in [-0.15, -0.1) is 0 Å². The van der Waals surface area contributed by atoms with Gasteiger partial charge in [-0.2, -0.15) is 0 Å². The molecule has 1 atom stereocenters. The van der Waals surface area contributed by atoms with E-state index < -0.39 is 0 Å². The molecule has 2 rings (SSSR count). The third-order valence-corrected chi connectivity index (χ3v) is 3.34. The summed E-state index contributed by atoms with van der Waals surface area (Å²) in [5.41, 5.74) is 8.46. The Kier molecular flexibility index (Phi) is 3.70. The van der Waals surface area contributed by atoms with Crippen LogP contribution in [0.5, 0.6) is 0 Å². The summed E-state index contributed by atoms with van der Waals surface area (Å²) < 4.78 is 2.02. The minimum Gasteiger partial charge on any atom is -0.384 e. The van der Waals surface area contributed by atoms with E-state index in [0.29, 0.717) is 12.0 Å². The van der Waals surface area contributed by atoms with Crippen molar-refractivity contribution >= 4 is 5.82 Å². The number of aromatic nitrogens is 2. The molecule has 1 aromatic carbocycles. The van der Waals surface area contributed by atoms with E-state index in [1.807, 2.05) is 17.0 Å². The number of hydrogen-bond donors (Lipinski definition) is 1. The van der Waals surface area contributed by atoms with Crippen LogP contribution in [0.4, 0.5) is 5.82 Å². The van der Waals surface area contributed by atoms with Crippen LogP contribution in [0, 0.1) is 0 Å². The van der Waals surface area contributed by atoms with Crippen LogP contribution < -0.4 is 5.73 Å². The molecule has 1 aromatic heterocycles. The van der Waals surface area contributed by atoms with E-state index in [4.69, 9.17) is 5.73 Å². The quantitative estimate of drug-likeness (QED) is 0.894. The second-order valence-electron chi connectivity index (χ2n) is 5.09. The van der Waals surface area contributed by atoms with Gasteiger partial charge in [-0.05, 0) is 31.7 Å². The first-order valence-corrected chi connectivity index (χ1v) is 6.45. The van der Waals surface area contributed by atoms with E-state index in [1.165, 1.54) is 5.56 Å². The molecule has 1 unspecified atom stereocenters. The molecule has 18 heavy (non-hydrogen) atoms. The second kappa shape index (κ2) is 5.25. The summed E-state index contributed by atoms with van der Waals surface area (Å²) in [6.07, 6.45) is 2.72. The lowest BCUT2D eigenvalue weighted by Gasteiger charge is -2.12. The predicted molar refractivity (Wildman–Crippen MR) is 75.6 cm³/mol. The standard InChI is InChI=1S/C15H21N3/c1-11(2)18-10-17-14(15(18)16)9-12(3)13-7-5-4-6-8-13/h4-8,10-12H,9,16H2,1-3H3. The van der Waals surface area contributed by atoms with E-state index >= 15 is 0 Å². The highest BCUT2D eigenvalue weighted by Crippen LogP contribution is 2.24. The predicted octanol–water partition coefficient (Wildman–Crippen LogP) is 3.39. The number of nitrogens with zero attached hydrogens (tertiary/aromatic N) is 2. The summed E-state index contributed by atoms with van der Waals surface area (Å²) in [4.78, 5) is 4.44. The number of imidazole rings is 1. The van der Waals surface area contributed by atoms with Crippen molar-refractivity contribution in [1.29, 1.82) is 0 Å². The van der Waals surface area contributed by atoms with Crippen molar-refractivity contribution in [3.63, 3.8) is 0 Å². The van der Waals surface area contributed by atoms with Crippen molar-refractivity contribution in [2.24, 2.45) is 0 Å². The maximum atomic E-state index is 6.13. The van der Waals surface area contributed by atoms with Gasteiger partial charge in [-0.1, -0.05) is 37.3 Å². The molecule has 0 spiro atoms. The van der Waals surface area contributed by atoms with E-state index in [2.05, 4.69) is 50.0 Å². The maximum absolute atomic E-state index is 6.13. The summed E-state index contributed by atoms with van der Waals surface area (Å²) in [5.74, 6) is 1.23. The van der Waals surface area contributed by atoms with Crippen molar-refractivity contribution in [3.05, 3.63) is 47.9 Å². The normalized spacial score (nSPS) is 12.9. The number of rotatable bonds is 4. The van der Waals surface area contributed by atoms with Gasteiger partial charge in [0, 0.05) is 6.04 Å². The van der Waals surface area contributed by atoms with Gasteiger partial charge < -0.3 is 10.3 Å². The molecule has 0 aliphatic heterocycles. The van der Waals surface area contributed by atoms with Crippen LogP contribution in [0.2, 0.25) is 0 Å². The summed E-state index contributed by atoms with van der Waals surface area (Å²) in [6.45, 7) is 6.44. The molecule has 0 aliphatic rings. The Hall–Kier alpha value is -1.77. The molecule has 0 radical (unpaired) electrons. The van der Waals surface area contributed by atoms with Gasteiger partial charge >= 0.3 is 0 Å². The number of nitrogen functional groups attached to an aromatic ring is 1. The number of hydrogen-bond acceptors (Lipinski definition) is 2. The molecular formula is C15H21N3. The highest BCUT2D eigenvalue weighted by Gasteiger charge is 2.13. The Morgan fingerprint density at radius 1 is 1.17 bits per heavy atom. The fourth-order valence-corrected chi connectivity index (χ4v) is 2.17. The lowest BCUT2D eigenvalue weighted by molar-refractivity contribution is 0.606. The molecule has 0 aliphatic carbocycles. The van der Waals surface area contributed by atoms with Crippen LogP contribution in [0.25, 0.3) is 0 Å². The SMILES string of the molecule is CC(Cc1ncn(C(C)C)c1N)c1ccccc1. The Bertz CT molecular complexity index is 500. The fraction of sp³-hybridized carbons (Fsp3) is 0.400. The summed E-state index contributed by atoms with van der Waals surface area (Å²) in [7, 11) is 0. The number of nitrogens with two attached hydrogens (primary N) is 1. The molecule has 0 bridgehead atoms. The van der Waals surface area contributed by atoms with Gasteiger partial charge in [0.15, 0.2) is 0 Å². The van der Waals surface area contributed by atoms with Crippen molar-refractivity contribution in [3.8, 4) is 0 Å². The molecule has 3 heteroatoms. The van der Waals surface area contributed by atoms with Gasteiger partial charge in [-0.25, -0.2) is 4.98 Å². The Labute approximate surface area is 109 Å². The van der Waals surface area contributed by atoms with E-state index in [1.54, 1.807) is 0 Å². The van der Waals surface area contributed by atoms with Gasteiger partial charge in [0.2, 0.25) is 0 Å². The first-order valence-electron chi connectivity index (χ1n) is 6.45. The lowest BCUT2D eigenvalue weighted by Crippen LogP contribution is -2.07. The van der Waals surface area contributed by atoms with Crippen molar-refractivity contribution in [1.82, 2.24) is 9.55 Å². The van der Waals surface area contributed by atoms with Crippen molar-refractivity contribution < 1.29 is 0 Å². The topological polar surface area (TPSA) is 43.8 Å². The summed E-state index contributed by atoms with van der Waals surface area (Å²) in [6, 6.07) is 10.8. The summed E-state index contributed by atoms with van der Waals surface area (Å²) in [5, 5.41) is 0. The zero-order valence-corrected chi connectivity index (χ0v) is 11.3. The second-order valence-corrected chi connectivity index (χ2v) is 5.09. The number of benzene rings is 1. The third kappa shape index (κ3) is 2.55. The van der Waals surface area contributed by atoms with Crippen molar-refractivity contribution in [2.45, 2.75) is 39.2 Å². The van der Waals surface area contributed by atoms with Crippen LogP contribution >= 0.6 is 0 Å². The molecule has 0 fully saturated rings. The summed E-state index contributed by atoms with van der Waals surface area (Å²) >= 11 is 0. The molecule has 96 valence electrons. The molecule has 3 nitrogen and oxygen atoms in total. The molecular weight excluding hydrogens is 222 g/mol. The van der Waals surface area contributed by atoms with Gasteiger partial charge in [-0.3, -0.25) is 0 Å². The lowest BCUT2D eigenvalue weighted by atomic mass is 9.96. The molecule has 2 aromatic rings. The van der Waals surface area contributed by atoms with Crippen LogP contribution in [0.3, 0.4) is 0 Å². The Balaban J connectivity index is 2.15. The number of anilines is 1. The first kappa shape index (κ1) is 12.7. The van der Waals surface area contributed by atoms with E-state index in [0.717, 1.165) is 17.9 Å². The monoisotopic (exact) mass is 243 g/mol. The molecule has 2 N–H and O–H groups in total. The minimum atomic E-state index is 0.360. The third-order valence-electron chi connectivity index (χ3n) is 3.34. The Morgan fingerprint density at radius 3 is 2.39 bits per heavy atom. The smallest absolute Gasteiger partial charge is 0.126 e. The molecule has 0 saturated carbocycles. The van der Waals surface area contributed by atoms with E-state index in [-0.39, 0.29) is 0 Å². The average Bonchev–Trinajstić information content (AvgIpc) is 2.72. The van der Waals surface area contributed by atoms with Gasteiger partial charge in [0.1, 0.15) is 5.82 Å². The largest absolute Gasteiger partial charge is 0.384 e. The molecule has 0 saturated heterocycles. The fourth-order valence-electron chi connectivity index (χ4n) is 2.17. The highest BCUT2D eigenvalue weighted by molar-refractivity contribution is 5.38. The first-order chi connectivity index (χ1) is 8.59. The van der Waals surface area contributed by atoms with Gasteiger partial charge in [0.25, 0.3) is 0 Å². The van der Waals surface area contributed by atoms with E-state index in [9.17, 15) is 0 Å². The van der Waals surface area contributed by atoms with Crippen LogP contribution in [-0.4, -0.2) is 9.55 Å². The Morgan fingerprint density at radius 2 is 1.83 bits per heavy atom. The minimum absolute atomic E-state index is 0.360. The highest BCUT2D eigenvalue weighted by atomic mass is 15.1. The van der Waals surface area contributed by atoms with Crippen LogP contribution in [0.15, 0.2) is 36.7 Å². The molecule has 0 amide bonds. The zero-order valence-electron chi connectivity index (χ0n) is 11.3. The average molecular weight is 243 g/mol. The zero-order chi connectivity index (χ0) is 13.1. The van der Waals surface area contributed by atoms with Crippen molar-refractivity contribution in [2.75, 3.05) is 5.73 Å². The van der Waals surface area contributed by atoms with Gasteiger partial charge in [0.05, 0.1) is 12.0 Å².